The van der Waals surface area contributed by atoms with E-state index < -0.39 is 18.0 Å². The third-order valence-corrected chi connectivity index (χ3v) is 7.90. The second-order valence-corrected chi connectivity index (χ2v) is 12.3. The Labute approximate surface area is 246 Å². The Bertz CT molecular complexity index is 1830. The topological polar surface area (TPSA) is 104 Å². The molecule has 11 heteroatoms. The van der Waals surface area contributed by atoms with Crippen molar-refractivity contribution >= 4 is 44.7 Å². The van der Waals surface area contributed by atoms with E-state index in [-0.39, 0.29) is 5.41 Å². The van der Waals surface area contributed by atoms with E-state index in [1.807, 2.05) is 30.3 Å². The highest BCUT2D eigenvalue weighted by Gasteiger charge is 2.54. The van der Waals surface area contributed by atoms with E-state index >= 15 is 0 Å². The van der Waals surface area contributed by atoms with Crippen LogP contribution >= 0.6 is 11.6 Å². The van der Waals surface area contributed by atoms with Crippen molar-refractivity contribution < 1.29 is 8.78 Å². The molecule has 0 bridgehead atoms. The van der Waals surface area contributed by atoms with Gasteiger partial charge in [-0.1, -0.05) is 55.8 Å². The molecule has 1 aliphatic rings. The minimum atomic E-state index is -2.54. The summed E-state index contributed by atoms with van der Waals surface area (Å²) in [6, 6.07) is 13.1. The summed E-state index contributed by atoms with van der Waals surface area (Å²) in [6.45, 7) is 6.93. The van der Waals surface area contributed by atoms with Crippen LogP contribution in [0.3, 0.4) is 0 Å². The molecular weight excluding hydrogens is 558 g/mol. The third kappa shape index (κ3) is 5.09. The van der Waals surface area contributed by atoms with Gasteiger partial charge < -0.3 is 10.6 Å². The van der Waals surface area contributed by atoms with E-state index in [0.29, 0.717) is 57.9 Å². The van der Waals surface area contributed by atoms with Gasteiger partial charge in [-0.05, 0) is 47.4 Å². The third-order valence-electron chi connectivity index (χ3n) is 7.61. The van der Waals surface area contributed by atoms with Crippen molar-refractivity contribution in [2.24, 2.45) is 5.41 Å². The summed E-state index contributed by atoms with van der Waals surface area (Å²) in [5, 5.41) is 28.3. The molecular formula is C31H29ClF2N8. The maximum atomic E-state index is 13.9. The number of alkyl halides is 2. The zero-order valence-electron chi connectivity index (χ0n) is 23.4. The van der Waals surface area contributed by atoms with Gasteiger partial charge in [-0.3, -0.25) is 9.97 Å². The van der Waals surface area contributed by atoms with Gasteiger partial charge in [0.05, 0.1) is 34.0 Å². The Morgan fingerprint density at radius 1 is 1.14 bits per heavy atom. The zero-order valence-corrected chi connectivity index (χ0v) is 24.1. The molecule has 6 rings (SSSR count). The smallest absolute Gasteiger partial charge is 0.263 e. The van der Waals surface area contributed by atoms with Crippen LogP contribution < -0.4 is 10.6 Å². The van der Waals surface area contributed by atoms with Gasteiger partial charge in [-0.15, -0.1) is 5.10 Å². The Morgan fingerprint density at radius 3 is 2.67 bits per heavy atom. The monoisotopic (exact) mass is 586 g/mol. The Balaban J connectivity index is 1.48. The predicted molar refractivity (Wildman–Crippen MR) is 160 cm³/mol. The molecule has 214 valence electrons. The number of aromatic nitrogens is 5. The highest BCUT2D eigenvalue weighted by Crippen LogP contribution is 2.48. The molecule has 2 N–H and O–H groups in total. The lowest BCUT2D eigenvalue weighted by molar-refractivity contribution is 0.0593. The second-order valence-electron chi connectivity index (χ2n) is 11.9. The zero-order chi connectivity index (χ0) is 29.6. The fourth-order valence-corrected chi connectivity index (χ4v) is 5.42. The van der Waals surface area contributed by atoms with Crippen LogP contribution in [0.2, 0.25) is 5.02 Å². The quantitative estimate of drug-likeness (QED) is 0.196. The SMILES string of the molecule is CC(C)(C)CNc1c(C#N)cnc2c(Cl)cc(NC(c3cn(C4(C(F)F)CC4)nn3)c3cccc4cnccc34)cc12. The number of halogens is 3. The van der Waals surface area contributed by atoms with E-state index in [9.17, 15) is 14.0 Å². The summed E-state index contributed by atoms with van der Waals surface area (Å²) in [5.41, 5.74) is 2.26. The number of rotatable bonds is 8. The largest absolute Gasteiger partial charge is 0.383 e. The normalized spacial score (nSPS) is 15.1. The lowest BCUT2D eigenvalue weighted by atomic mass is 9.96. The number of pyridine rings is 2. The maximum absolute atomic E-state index is 13.9. The van der Waals surface area contributed by atoms with Crippen LogP contribution in [0.25, 0.3) is 21.7 Å². The Hall–Kier alpha value is -4.36. The molecule has 0 saturated heterocycles. The standard InChI is InChI=1S/C31H29ClF2N8/c1-30(2,3)17-38-26-19(13-35)15-37-27-23(26)11-20(12-24(27)32)39-28(22-6-4-5-18-14-36-10-7-21(18)22)25-16-42(41-40-25)31(8-9-31)29(33)34/h4-7,10-12,14-16,28-29,39H,8-9,17H2,1-3H3,(H,37,38). The van der Waals surface area contributed by atoms with Crippen molar-refractivity contribution in [2.75, 3.05) is 17.2 Å². The van der Waals surface area contributed by atoms with E-state index in [1.54, 1.807) is 24.7 Å². The maximum Gasteiger partial charge on any atom is 0.263 e. The molecule has 0 aliphatic heterocycles. The minimum Gasteiger partial charge on any atom is -0.383 e. The molecule has 1 aliphatic carbocycles. The van der Waals surface area contributed by atoms with Gasteiger partial charge in [0, 0.05) is 41.6 Å². The number of nitriles is 1. The molecule has 1 fully saturated rings. The lowest BCUT2D eigenvalue weighted by Crippen LogP contribution is -2.26. The van der Waals surface area contributed by atoms with Crippen molar-refractivity contribution in [3.05, 3.63) is 83.0 Å². The second kappa shape index (κ2) is 10.5. The highest BCUT2D eigenvalue weighted by molar-refractivity contribution is 6.35. The molecule has 3 heterocycles. The lowest BCUT2D eigenvalue weighted by Gasteiger charge is -2.23. The number of benzene rings is 2. The summed E-state index contributed by atoms with van der Waals surface area (Å²) < 4.78 is 29.1. The molecule has 0 spiro atoms. The van der Waals surface area contributed by atoms with Gasteiger partial charge in [-0.25, -0.2) is 13.5 Å². The molecule has 3 aromatic heterocycles. The molecule has 8 nitrogen and oxygen atoms in total. The number of anilines is 2. The van der Waals surface area contributed by atoms with Gasteiger partial charge in [-0.2, -0.15) is 5.26 Å². The fraction of sp³-hybridized carbons (Fsp3) is 0.323. The molecule has 0 amide bonds. The van der Waals surface area contributed by atoms with E-state index in [0.717, 1.165) is 16.3 Å². The first-order valence-corrected chi connectivity index (χ1v) is 14.0. The van der Waals surface area contributed by atoms with Crippen molar-refractivity contribution in [2.45, 2.75) is 51.6 Å². The van der Waals surface area contributed by atoms with Crippen LogP contribution in [0.4, 0.5) is 20.2 Å². The van der Waals surface area contributed by atoms with E-state index in [2.05, 4.69) is 57.8 Å². The summed E-state index contributed by atoms with van der Waals surface area (Å²) >= 11 is 6.76. The average Bonchev–Trinajstić information content (AvgIpc) is 3.64. The number of nitrogens with zero attached hydrogens (tertiary/aromatic N) is 6. The van der Waals surface area contributed by atoms with Crippen molar-refractivity contribution in [3.8, 4) is 6.07 Å². The number of nitrogens with one attached hydrogen (secondary N) is 2. The highest BCUT2D eigenvalue weighted by atomic mass is 35.5. The van der Waals surface area contributed by atoms with Gasteiger partial charge >= 0.3 is 0 Å². The van der Waals surface area contributed by atoms with E-state index in [4.69, 9.17) is 11.6 Å². The van der Waals surface area contributed by atoms with Crippen LogP contribution in [0.5, 0.6) is 0 Å². The average molecular weight is 587 g/mol. The van der Waals surface area contributed by atoms with Gasteiger partial charge in [0.15, 0.2) is 0 Å². The molecule has 1 unspecified atom stereocenters. The molecule has 5 aromatic rings. The first-order chi connectivity index (χ1) is 20.1. The molecule has 42 heavy (non-hydrogen) atoms. The molecule has 1 atom stereocenters. The van der Waals surface area contributed by atoms with Gasteiger partial charge in [0.2, 0.25) is 0 Å². The molecule has 1 saturated carbocycles. The van der Waals surface area contributed by atoms with Crippen LogP contribution in [-0.2, 0) is 5.54 Å². The first-order valence-electron chi connectivity index (χ1n) is 13.7. The predicted octanol–water partition coefficient (Wildman–Crippen LogP) is 7.31. The number of fused-ring (bicyclic) bond motifs is 2. The van der Waals surface area contributed by atoms with Crippen molar-refractivity contribution in [1.82, 2.24) is 25.0 Å². The van der Waals surface area contributed by atoms with Crippen LogP contribution in [-0.4, -0.2) is 37.9 Å². The van der Waals surface area contributed by atoms with Gasteiger partial charge in [0.1, 0.15) is 17.3 Å². The minimum absolute atomic E-state index is 0.0424. The van der Waals surface area contributed by atoms with Crippen molar-refractivity contribution in [3.63, 3.8) is 0 Å². The van der Waals surface area contributed by atoms with Gasteiger partial charge in [0.25, 0.3) is 6.43 Å². The molecule has 0 radical (unpaired) electrons. The van der Waals surface area contributed by atoms with Crippen LogP contribution in [0.15, 0.2) is 61.2 Å². The number of hydrogen-bond donors (Lipinski definition) is 2. The summed E-state index contributed by atoms with van der Waals surface area (Å²) in [7, 11) is 0. The summed E-state index contributed by atoms with van der Waals surface area (Å²) in [6.07, 6.45) is 4.78. The Morgan fingerprint density at radius 2 is 1.95 bits per heavy atom. The van der Waals surface area contributed by atoms with Crippen LogP contribution in [0, 0.1) is 16.7 Å². The Kier molecular flexibility index (Phi) is 6.93. The van der Waals surface area contributed by atoms with Crippen LogP contribution in [0.1, 0.15) is 56.5 Å². The van der Waals surface area contributed by atoms with Crippen molar-refractivity contribution in [1.29, 1.82) is 5.26 Å². The summed E-state index contributed by atoms with van der Waals surface area (Å²) in [5.74, 6) is 0. The fourth-order valence-electron chi connectivity index (χ4n) is 5.15. The van der Waals surface area contributed by atoms with E-state index in [1.165, 1.54) is 10.9 Å². The first kappa shape index (κ1) is 27.8. The molecule has 2 aromatic carbocycles. The number of hydrogen-bond acceptors (Lipinski definition) is 7. The summed E-state index contributed by atoms with van der Waals surface area (Å²) in [4.78, 5) is 8.71.